The van der Waals surface area contributed by atoms with Crippen molar-refractivity contribution in [2.45, 2.75) is 19.1 Å². The molecule has 1 atom stereocenters. The van der Waals surface area contributed by atoms with Crippen LogP contribution in [0.2, 0.25) is 0 Å². The predicted octanol–water partition coefficient (Wildman–Crippen LogP) is 4.05. The van der Waals surface area contributed by atoms with Crippen LogP contribution in [0.25, 0.3) is 5.57 Å². The Balaban J connectivity index is 2.05. The minimum Gasteiger partial charge on any atom is -0.245 e. The van der Waals surface area contributed by atoms with E-state index in [2.05, 4.69) is 25.9 Å². The number of halogens is 7. The molecule has 0 bridgehead atoms. The molecular weight excluding hydrogens is 418 g/mol. The lowest BCUT2D eigenvalue weighted by Crippen LogP contribution is -2.50. The highest BCUT2D eigenvalue weighted by molar-refractivity contribution is 9.18. The first-order valence-electron chi connectivity index (χ1n) is 6.88. The zero-order valence-electron chi connectivity index (χ0n) is 12.5. The van der Waals surface area contributed by atoms with Crippen LogP contribution in [-0.2, 0) is 0 Å². The Hall–Kier alpha value is -1.88. The summed E-state index contributed by atoms with van der Waals surface area (Å²) in [6.45, 7) is 0.607. The molecule has 25 heavy (non-hydrogen) atoms. The van der Waals surface area contributed by atoms with Gasteiger partial charge in [-0.1, -0.05) is 0 Å². The average molecular weight is 427 g/mol. The third-order valence-corrected chi connectivity index (χ3v) is 4.31. The lowest BCUT2D eigenvalue weighted by molar-refractivity contribution is -0.196. The van der Waals surface area contributed by atoms with Gasteiger partial charge in [-0.15, -0.1) is 0 Å². The molecule has 2 heterocycles. The van der Waals surface area contributed by atoms with Crippen LogP contribution in [0.1, 0.15) is 12.5 Å². The molecule has 3 rings (SSSR count). The number of hydrogen-bond donors (Lipinski definition) is 0. The SMILES string of the molecule is C[C@H](N1CN=C2N=C(Br)C(c3c(F)cc(F)cc3F)=CN21)C(F)(F)F. The van der Waals surface area contributed by atoms with Crippen LogP contribution in [0.15, 0.2) is 28.3 Å². The lowest BCUT2D eigenvalue weighted by Gasteiger charge is -2.34. The van der Waals surface area contributed by atoms with E-state index in [-0.39, 0.29) is 22.8 Å². The highest BCUT2D eigenvalue weighted by Gasteiger charge is 2.45. The predicted molar refractivity (Wildman–Crippen MR) is 82.2 cm³/mol. The van der Waals surface area contributed by atoms with Gasteiger partial charge in [0, 0.05) is 23.9 Å². The molecular formula is C14H9BrF6N4. The van der Waals surface area contributed by atoms with Crippen molar-refractivity contribution in [1.29, 1.82) is 0 Å². The lowest BCUT2D eigenvalue weighted by atomic mass is 10.1. The summed E-state index contributed by atoms with van der Waals surface area (Å²) in [7, 11) is 0. The van der Waals surface area contributed by atoms with Crippen LogP contribution in [0.3, 0.4) is 0 Å². The van der Waals surface area contributed by atoms with E-state index < -0.39 is 35.2 Å². The molecule has 0 saturated carbocycles. The summed E-state index contributed by atoms with van der Waals surface area (Å²) in [5.41, 5.74) is -0.780. The number of rotatable bonds is 2. The fraction of sp³-hybridized carbons (Fsp3) is 0.286. The molecule has 0 N–H and O–H groups in total. The van der Waals surface area contributed by atoms with Crippen LogP contribution < -0.4 is 0 Å². The van der Waals surface area contributed by atoms with Crippen molar-refractivity contribution in [1.82, 2.24) is 10.0 Å². The molecule has 1 aromatic carbocycles. The van der Waals surface area contributed by atoms with E-state index in [9.17, 15) is 26.3 Å². The summed E-state index contributed by atoms with van der Waals surface area (Å²) in [6.07, 6.45) is -3.46. The van der Waals surface area contributed by atoms with E-state index in [1.807, 2.05) is 0 Å². The first kappa shape index (κ1) is 17.9. The van der Waals surface area contributed by atoms with E-state index >= 15 is 0 Å². The molecule has 0 amide bonds. The van der Waals surface area contributed by atoms with Crippen LogP contribution in [0.4, 0.5) is 26.3 Å². The molecule has 0 fully saturated rings. The molecule has 0 radical (unpaired) electrons. The first-order chi connectivity index (χ1) is 11.6. The summed E-state index contributed by atoms with van der Waals surface area (Å²) in [5.74, 6) is -3.58. The van der Waals surface area contributed by atoms with Crippen molar-refractivity contribution < 1.29 is 26.3 Å². The molecule has 134 valence electrons. The van der Waals surface area contributed by atoms with Crippen LogP contribution >= 0.6 is 15.9 Å². The maximum atomic E-state index is 14.0. The van der Waals surface area contributed by atoms with Crippen molar-refractivity contribution in [2.75, 3.05) is 6.67 Å². The Labute approximate surface area is 146 Å². The second-order valence-corrected chi connectivity index (χ2v) is 6.04. The number of hydrogen-bond acceptors (Lipinski definition) is 4. The fourth-order valence-electron chi connectivity index (χ4n) is 2.38. The zero-order valence-corrected chi connectivity index (χ0v) is 14.0. The van der Waals surface area contributed by atoms with Gasteiger partial charge in [0.25, 0.3) is 0 Å². The van der Waals surface area contributed by atoms with Gasteiger partial charge in [0.1, 0.15) is 34.8 Å². The Morgan fingerprint density at radius 2 is 1.76 bits per heavy atom. The van der Waals surface area contributed by atoms with Crippen molar-refractivity contribution >= 4 is 32.1 Å². The van der Waals surface area contributed by atoms with Gasteiger partial charge in [0.15, 0.2) is 0 Å². The summed E-state index contributed by atoms with van der Waals surface area (Å²) in [4.78, 5) is 7.80. The molecule has 0 unspecified atom stereocenters. The van der Waals surface area contributed by atoms with E-state index in [4.69, 9.17) is 0 Å². The fourth-order valence-corrected chi connectivity index (χ4v) is 2.84. The Kier molecular flexibility index (Phi) is 4.40. The molecule has 1 aromatic rings. The molecule has 2 aliphatic heterocycles. The number of alkyl halides is 3. The Morgan fingerprint density at radius 1 is 1.16 bits per heavy atom. The van der Waals surface area contributed by atoms with Crippen molar-refractivity contribution in [3.05, 3.63) is 41.3 Å². The number of hydrazine groups is 1. The average Bonchev–Trinajstić information content (AvgIpc) is 2.87. The van der Waals surface area contributed by atoms with Crippen molar-refractivity contribution in [3.63, 3.8) is 0 Å². The second kappa shape index (κ2) is 6.13. The Bertz CT molecular complexity index is 793. The normalized spacial score (nSPS) is 19.4. The third-order valence-electron chi connectivity index (χ3n) is 3.71. The molecule has 4 nitrogen and oxygen atoms in total. The number of guanidine groups is 1. The number of fused-ring (bicyclic) bond motifs is 1. The van der Waals surface area contributed by atoms with Crippen molar-refractivity contribution in [3.8, 4) is 0 Å². The van der Waals surface area contributed by atoms with Crippen LogP contribution in [-0.4, -0.2) is 39.5 Å². The quantitative estimate of drug-likeness (QED) is 0.668. The third kappa shape index (κ3) is 3.17. The van der Waals surface area contributed by atoms with Gasteiger partial charge in [0.05, 0.1) is 5.56 Å². The smallest absolute Gasteiger partial charge is 0.245 e. The number of nitrogens with zero attached hydrogens (tertiary/aromatic N) is 4. The van der Waals surface area contributed by atoms with Gasteiger partial charge in [-0.2, -0.15) is 18.2 Å². The van der Waals surface area contributed by atoms with E-state index in [1.165, 1.54) is 0 Å². The number of allylic oxidation sites excluding steroid dienone is 1. The zero-order chi connectivity index (χ0) is 18.5. The van der Waals surface area contributed by atoms with Gasteiger partial charge in [-0.05, 0) is 22.9 Å². The van der Waals surface area contributed by atoms with Crippen molar-refractivity contribution in [2.24, 2.45) is 9.98 Å². The van der Waals surface area contributed by atoms with Gasteiger partial charge in [-0.25, -0.2) is 28.2 Å². The molecule has 2 aliphatic rings. The van der Waals surface area contributed by atoms with Gasteiger partial charge < -0.3 is 0 Å². The molecule has 0 aliphatic carbocycles. The number of benzene rings is 1. The standard InChI is InChI=1S/C14H9BrF6N4/c1-6(14(19,20)21)25-5-22-13-23-12(15)8(4-24(13)25)11-9(17)2-7(16)3-10(11)18/h2-4,6H,5H2,1H3/t6-/m0/s1. The Morgan fingerprint density at radius 3 is 2.32 bits per heavy atom. The molecule has 0 spiro atoms. The maximum Gasteiger partial charge on any atom is 0.405 e. The largest absolute Gasteiger partial charge is 0.405 e. The summed E-state index contributed by atoms with van der Waals surface area (Å²) >= 11 is 3.02. The second-order valence-electron chi connectivity index (χ2n) is 5.29. The highest BCUT2D eigenvalue weighted by Crippen LogP contribution is 2.34. The highest BCUT2D eigenvalue weighted by atomic mass is 79.9. The van der Waals surface area contributed by atoms with Crippen LogP contribution in [0.5, 0.6) is 0 Å². The molecule has 0 aromatic heterocycles. The molecule has 11 heteroatoms. The summed E-state index contributed by atoms with van der Waals surface area (Å²) in [5, 5.41) is 1.82. The van der Waals surface area contributed by atoms with Gasteiger partial charge >= 0.3 is 6.18 Å². The van der Waals surface area contributed by atoms with Gasteiger partial charge in [-0.3, -0.25) is 0 Å². The monoisotopic (exact) mass is 426 g/mol. The number of aliphatic imine (C=N–C) groups is 2. The topological polar surface area (TPSA) is 31.2 Å². The van der Waals surface area contributed by atoms with E-state index in [0.717, 1.165) is 23.1 Å². The minimum absolute atomic E-state index is 0.0339. The maximum absolute atomic E-state index is 14.0. The summed E-state index contributed by atoms with van der Waals surface area (Å²) in [6, 6.07) is -0.951. The summed E-state index contributed by atoms with van der Waals surface area (Å²) < 4.78 is 80.0. The van der Waals surface area contributed by atoms with E-state index in [1.54, 1.807) is 0 Å². The van der Waals surface area contributed by atoms with Gasteiger partial charge in [0.2, 0.25) is 5.96 Å². The van der Waals surface area contributed by atoms with Crippen LogP contribution in [0, 0.1) is 17.5 Å². The van der Waals surface area contributed by atoms with E-state index in [0.29, 0.717) is 12.1 Å². The molecule has 0 saturated heterocycles. The first-order valence-corrected chi connectivity index (χ1v) is 7.67. The minimum atomic E-state index is -4.54.